The van der Waals surface area contributed by atoms with E-state index in [1.165, 1.54) is 24.6 Å². The fourth-order valence-electron chi connectivity index (χ4n) is 5.54. The number of nitrogens with zero attached hydrogens (tertiary/aromatic N) is 4. The number of nitrogens with one attached hydrogen (secondary N) is 1. The Morgan fingerprint density at radius 2 is 1.73 bits per heavy atom. The number of carbonyl (C=O) groups excluding carboxylic acids is 2. The van der Waals surface area contributed by atoms with Gasteiger partial charge in [0.05, 0.1) is 16.7 Å². The number of amides is 1. The molecule has 0 atom stereocenters. The smallest absolute Gasteiger partial charge is 0.230 e. The van der Waals surface area contributed by atoms with Crippen molar-refractivity contribution in [3.8, 4) is 5.69 Å². The van der Waals surface area contributed by atoms with Gasteiger partial charge < -0.3 is 5.32 Å². The number of para-hydroxylation sites is 2. The lowest BCUT2D eigenvalue weighted by Gasteiger charge is -2.32. The van der Waals surface area contributed by atoms with Gasteiger partial charge in [0.2, 0.25) is 11.7 Å². The van der Waals surface area contributed by atoms with Gasteiger partial charge in [-0.05, 0) is 98.1 Å². The molecule has 1 amide bonds. The highest BCUT2D eigenvalue weighted by atomic mass is 19.1. The number of carbonyl (C=O) groups is 2. The number of imidazole rings is 1. The molecule has 2 aromatic heterocycles. The van der Waals surface area contributed by atoms with E-state index in [2.05, 4.69) is 32.3 Å². The molecule has 0 spiro atoms. The van der Waals surface area contributed by atoms with Crippen LogP contribution in [0, 0.1) is 5.82 Å². The first-order chi connectivity index (χ1) is 19.9. The Bertz CT molecular complexity index is 1700. The molecule has 8 heteroatoms. The summed E-state index contributed by atoms with van der Waals surface area (Å²) in [5, 5.41) is 2.87. The Morgan fingerprint density at radius 3 is 2.46 bits per heavy atom. The van der Waals surface area contributed by atoms with Crippen molar-refractivity contribution in [1.82, 2.24) is 19.4 Å². The number of halogens is 1. The summed E-state index contributed by atoms with van der Waals surface area (Å²) in [6.07, 6.45) is 3.67. The van der Waals surface area contributed by atoms with Crippen molar-refractivity contribution >= 4 is 28.4 Å². The average molecular weight is 548 g/mol. The van der Waals surface area contributed by atoms with Gasteiger partial charge in [-0.3, -0.25) is 24.0 Å². The molecule has 0 bridgehead atoms. The maximum Gasteiger partial charge on any atom is 0.230 e. The van der Waals surface area contributed by atoms with Gasteiger partial charge in [0, 0.05) is 36.6 Å². The molecule has 41 heavy (non-hydrogen) atoms. The Hall–Kier alpha value is -4.69. The molecule has 6 rings (SSSR count). The zero-order valence-corrected chi connectivity index (χ0v) is 22.8. The third-order valence-corrected chi connectivity index (χ3v) is 7.59. The lowest BCUT2D eigenvalue weighted by atomic mass is 9.89. The van der Waals surface area contributed by atoms with Gasteiger partial charge in [-0.2, -0.15) is 0 Å². The maximum atomic E-state index is 13.6. The Labute approximate surface area is 237 Å². The number of rotatable bonds is 7. The molecule has 3 aromatic carbocycles. The number of piperidine rings is 1. The molecule has 0 unspecified atom stereocenters. The number of hydrogen-bond donors (Lipinski definition) is 1. The molecule has 1 aliphatic rings. The number of hydrogen-bond acceptors (Lipinski definition) is 5. The highest BCUT2D eigenvalue weighted by Crippen LogP contribution is 2.30. The fourth-order valence-corrected chi connectivity index (χ4v) is 5.54. The number of anilines is 1. The first kappa shape index (κ1) is 26.5. The van der Waals surface area contributed by atoms with E-state index in [1.807, 2.05) is 42.5 Å². The lowest BCUT2D eigenvalue weighted by molar-refractivity contribution is -0.114. The molecular weight excluding hydrogens is 517 g/mol. The molecule has 1 saturated heterocycles. The van der Waals surface area contributed by atoms with E-state index in [9.17, 15) is 14.0 Å². The number of pyridine rings is 1. The minimum absolute atomic E-state index is 0.0660. The predicted molar refractivity (Wildman–Crippen MR) is 157 cm³/mol. The molecule has 5 aromatic rings. The zero-order chi connectivity index (χ0) is 28.3. The molecule has 1 fully saturated rings. The van der Waals surface area contributed by atoms with Gasteiger partial charge >= 0.3 is 0 Å². The molecule has 0 radical (unpaired) electrons. The molecule has 7 nitrogen and oxygen atoms in total. The van der Waals surface area contributed by atoms with Gasteiger partial charge in [0.15, 0.2) is 5.82 Å². The van der Waals surface area contributed by atoms with Gasteiger partial charge in [-0.25, -0.2) is 9.37 Å². The Kier molecular flexibility index (Phi) is 7.39. The van der Waals surface area contributed by atoms with Crippen LogP contribution in [0.3, 0.4) is 0 Å². The fraction of sp³-hybridized carbons (Fsp3) is 0.212. The van der Waals surface area contributed by atoms with E-state index < -0.39 is 0 Å². The first-order valence-corrected chi connectivity index (χ1v) is 13.8. The summed E-state index contributed by atoms with van der Waals surface area (Å²) >= 11 is 0. The third kappa shape index (κ3) is 5.78. The number of fused-ring (bicyclic) bond motifs is 1. The predicted octanol–water partition coefficient (Wildman–Crippen LogP) is 6.13. The van der Waals surface area contributed by atoms with Gasteiger partial charge in [0.25, 0.3) is 0 Å². The SMILES string of the molecule is CC(=O)Nc1cccc(C2CCN(Cc3ccc(C(=O)c4nc5ccccc5n4-c4ccc(F)cc4)cn3)CC2)c1. The molecular formula is C33H30FN5O2. The minimum Gasteiger partial charge on any atom is -0.326 e. The zero-order valence-electron chi connectivity index (χ0n) is 22.8. The molecule has 0 aliphatic carbocycles. The second kappa shape index (κ2) is 11.4. The van der Waals surface area contributed by atoms with Crippen LogP contribution in [0.4, 0.5) is 10.1 Å². The van der Waals surface area contributed by atoms with E-state index >= 15 is 0 Å². The summed E-state index contributed by atoms with van der Waals surface area (Å²) < 4.78 is 15.4. The topological polar surface area (TPSA) is 80.1 Å². The highest BCUT2D eigenvalue weighted by molar-refractivity contribution is 6.08. The summed E-state index contributed by atoms with van der Waals surface area (Å²) in [4.78, 5) is 36.6. The summed E-state index contributed by atoms with van der Waals surface area (Å²) in [5.41, 5.74) is 5.57. The van der Waals surface area contributed by atoms with Crippen LogP contribution in [0.5, 0.6) is 0 Å². The second-order valence-corrected chi connectivity index (χ2v) is 10.5. The quantitative estimate of drug-likeness (QED) is 0.248. The largest absolute Gasteiger partial charge is 0.326 e. The van der Waals surface area contributed by atoms with Gasteiger partial charge in [-0.15, -0.1) is 0 Å². The van der Waals surface area contributed by atoms with Crippen LogP contribution < -0.4 is 5.32 Å². The van der Waals surface area contributed by atoms with Crippen LogP contribution in [0.15, 0.2) is 91.1 Å². The van der Waals surface area contributed by atoms with E-state index in [0.717, 1.165) is 42.8 Å². The number of aromatic nitrogens is 3. The van der Waals surface area contributed by atoms with Gasteiger partial charge in [0.1, 0.15) is 5.82 Å². The van der Waals surface area contributed by atoms with Crippen LogP contribution in [-0.2, 0) is 11.3 Å². The number of ketones is 1. The highest BCUT2D eigenvalue weighted by Gasteiger charge is 2.23. The van der Waals surface area contributed by atoms with E-state index in [-0.39, 0.29) is 23.3 Å². The number of benzene rings is 3. The number of likely N-dealkylation sites (tertiary alicyclic amines) is 1. The van der Waals surface area contributed by atoms with Crippen molar-refractivity contribution in [1.29, 1.82) is 0 Å². The van der Waals surface area contributed by atoms with Crippen LogP contribution >= 0.6 is 0 Å². The standard InChI is InChI=1S/C33H30FN5O2/c1-22(40)36-27-6-4-5-24(19-27)23-15-17-38(18-16-23)21-28-12-9-25(20-35-28)32(41)33-37-30-7-2-3-8-31(30)39(33)29-13-10-26(34)11-14-29/h2-14,19-20,23H,15-18,21H2,1H3,(H,36,40). The van der Waals surface area contributed by atoms with Crippen molar-refractivity contribution < 1.29 is 14.0 Å². The second-order valence-electron chi connectivity index (χ2n) is 10.5. The molecule has 206 valence electrons. The van der Waals surface area contributed by atoms with Crippen LogP contribution in [0.25, 0.3) is 16.7 Å². The normalized spacial score (nSPS) is 14.3. The van der Waals surface area contributed by atoms with Crippen molar-refractivity contribution in [2.45, 2.75) is 32.2 Å². The van der Waals surface area contributed by atoms with Crippen molar-refractivity contribution in [3.63, 3.8) is 0 Å². The monoisotopic (exact) mass is 547 g/mol. The van der Waals surface area contributed by atoms with Crippen LogP contribution in [0.1, 0.15) is 53.1 Å². The molecule has 1 N–H and O–H groups in total. The van der Waals surface area contributed by atoms with Crippen LogP contribution in [0.2, 0.25) is 0 Å². The Morgan fingerprint density at radius 1 is 0.951 bits per heavy atom. The summed E-state index contributed by atoms with van der Waals surface area (Å²) in [6, 6.07) is 25.4. The van der Waals surface area contributed by atoms with Gasteiger partial charge in [-0.1, -0.05) is 24.3 Å². The van der Waals surface area contributed by atoms with Crippen LogP contribution in [-0.4, -0.2) is 44.2 Å². The minimum atomic E-state index is -0.341. The third-order valence-electron chi connectivity index (χ3n) is 7.59. The van der Waals surface area contributed by atoms with E-state index in [4.69, 9.17) is 0 Å². The molecule has 0 saturated carbocycles. The Balaban J connectivity index is 1.14. The van der Waals surface area contributed by atoms with E-state index in [1.54, 1.807) is 29.0 Å². The summed E-state index contributed by atoms with van der Waals surface area (Å²) in [7, 11) is 0. The van der Waals surface area contributed by atoms with E-state index in [0.29, 0.717) is 29.2 Å². The first-order valence-electron chi connectivity index (χ1n) is 13.8. The van der Waals surface area contributed by atoms with Crippen molar-refractivity contribution in [3.05, 3.63) is 120 Å². The van der Waals surface area contributed by atoms with Crippen molar-refractivity contribution in [2.75, 3.05) is 18.4 Å². The molecule has 1 aliphatic heterocycles. The summed E-state index contributed by atoms with van der Waals surface area (Å²) in [6.45, 7) is 4.12. The average Bonchev–Trinajstić information content (AvgIpc) is 3.37. The van der Waals surface area contributed by atoms with Crippen molar-refractivity contribution in [2.24, 2.45) is 0 Å². The summed E-state index contributed by atoms with van der Waals surface area (Å²) in [5.74, 6) is 0.0621. The maximum absolute atomic E-state index is 13.6. The molecule has 3 heterocycles. The lowest BCUT2D eigenvalue weighted by Crippen LogP contribution is -2.32.